The summed E-state index contributed by atoms with van der Waals surface area (Å²) in [4.78, 5) is 0. The number of unbranched alkanes of at least 4 members (excludes halogenated alkanes) is 5. The summed E-state index contributed by atoms with van der Waals surface area (Å²) >= 11 is 0. The summed E-state index contributed by atoms with van der Waals surface area (Å²) in [6.45, 7) is 4.51. The molecule has 0 heterocycles. The molecule has 0 amide bonds. The van der Waals surface area contributed by atoms with E-state index in [0.29, 0.717) is 0 Å². The lowest BCUT2D eigenvalue weighted by Crippen LogP contribution is -2.15. The molecule has 0 aromatic heterocycles. The molecule has 38 heavy (non-hydrogen) atoms. The van der Waals surface area contributed by atoms with Crippen LogP contribution in [-0.2, 0) is 12.8 Å². The van der Waals surface area contributed by atoms with Crippen LogP contribution in [-0.4, -0.2) is 0 Å². The number of fused-ring (bicyclic) bond motifs is 1. The molecule has 1 saturated carbocycles. The van der Waals surface area contributed by atoms with Gasteiger partial charge in [-0.15, -0.1) is 0 Å². The molecule has 3 aromatic carbocycles. The summed E-state index contributed by atoms with van der Waals surface area (Å²) in [5, 5.41) is 1.66. The van der Waals surface area contributed by atoms with Crippen LogP contribution >= 0.6 is 0 Å². The second kappa shape index (κ2) is 15.1. The van der Waals surface area contributed by atoms with E-state index >= 15 is 4.39 Å². The summed E-state index contributed by atoms with van der Waals surface area (Å²) in [5.74, 6) is 8.21. The summed E-state index contributed by atoms with van der Waals surface area (Å²) < 4.78 is 15.4. The van der Waals surface area contributed by atoms with Gasteiger partial charge in [-0.05, 0) is 78.3 Å². The smallest absolute Gasteiger partial charge is 0.134 e. The first kappa shape index (κ1) is 28.4. The van der Waals surface area contributed by atoms with Crippen molar-refractivity contribution in [3.63, 3.8) is 0 Å². The van der Waals surface area contributed by atoms with Crippen molar-refractivity contribution in [3.05, 3.63) is 82.7 Å². The third-order valence-corrected chi connectivity index (χ3v) is 8.66. The maximum absolute atomic E-state index is 15.4. The molecule has 4 rings (SSSR count). The van der Waals surface area contributed by atoms with Gasteiger partial charge in [0.25, 0.3) is 0 Å². The third kappa shape index (κ3) is 8.46. The van der Waals surface area contributed by atoms with Crippen molar-refractivity contribution < 1.29 is 4.39 Å². The molecule has 0 nitrogen and oxygen atoms in total. The minimum Gasteiger partial charge on any atom is -0.206 e. The van der Waals surface area contributed by atoms with Crippen LogP contribution in [0.4, 0.5) is 4.39 Å². The van der Waals surface area contributed by atoms with Crippen molar-refractivity contribution in [1.29, 1.82) is 0 Å². The van der Waals surface area contributed by atoms with E-state index in [9.17, 15) is 0 Å². The van der Waals surface area contributed by atoms with Crippen molar-refractivity contribution in [2.45, 2.75) is 110 Å². The molecule has 1 aliphatic carbocycles. The molecule has 0 saturated heterocycles. The Morgan fingerprint density at radius 2 is 1.32 bits per heavy atom. The van der Waals surface area contributed by atoms with Crippen molar-refractivity contribution >= 4 is 10.8 Å². The molecular weight excluding hydrogens is 463 g/mol. The molecule has 0 radical (unpaired) electrons. The molecular formula is C37H47F. The molecule has 0 spiro atoms. The fourth-order valence-corrected chi connectivity index (χ4v) is 6.09. The lowest BCUT2D eigenvalue weighted by atomic mass is 9.77. The van der Waals surface area contributed by atoms with Crippen molar-refractivity contribution in [2.24, 2.45) is 11.8 Å². The van der Waals surface area contributed by atoms with Gasteiger partial charge < -0.3 is 0 Å². The van der Waals surface area contributed by atoms with Gasteiger partial charge in [-0.1, -0.05) is 127 Å². The highest BCUT2D eigenvalue weighted by Crippen LogP contribution is 2.35. The van der Waals surface area contributed by atoms with Crippen LogP contribution in [0.5, 0.6) is 0 Å². The number of rotatable bonds is 12. The van der Waals surface area contributed by atoms with Gasteiger partial charge in [-0.2, -0.15) is 0 Å². The number of halogens is 1. The molecule has 1 fully saturated rings. The first-order valence-corrected chi connectivity index (χ1v) is 15.5. The highest BCUT2D eigenvalue weighted by Gasteiger charge is 2.21. The maximum Gasteiger partial charge on any atom is 0.134 e. The van der Waals surface area contributed by atoms with E-state index in [1.807, 2.05) is 24.3 Å². The molecule has 1 aliphatic rings. The van der Waals surface area contributed by atoms with Crippen molar-refractivity contribution in [1.82, 2.24) is 0 Å². The highest BCUT2D eigenvalue weighted by atomic mass is 19.1. The first-order chi connectivity index (χ1) is 18.7. The molecule has 0 bridgehead atoms. The molecule has 202 valence electrons. The molecule has 1 heteroatoms. The Kier molecular flexibility index (Phi) is 11.3. The van der Waals surface area contributed by atoms with Crippen LogP contribution in [0, 0.1) is 29.5 Å². The molecule has 3 aromatic rings. The highest BCUT2D eigenvalue weighted by molar-refractivity contribution is 5.85. The van der Waals surface area contributed by atoms with Gasteiger partial charge in [0.1, 0.15) is 5.82 Å². The largest absolute Gasteiger partial charge is 0.206 e. The Morgan fingerprint density at radius 1 is 0.658 bits per heavy atom. The fraction of sp³-hybridized carbons (Fsp3) is 0.514. The molecule has 0 unspecified atom stereocenters. The van der Waals surface area contributed by atoms with E-state index < -0.39 is 0 Å². The van der Waals surface area contributed by atoms with Gasteiger partial charge in [0, 0.05) is 16.5 Å². The van der Waals surface area contributed by atoms with Crippen LogP contribution in [0.25, 0.3) is 10.8 Å². The minimum absolute atomic E-state index is 0.0366. The topological polar surface area (TPSA) is 0 Å². The monoisotopic (exact) mass is 510 g/mol. The molecule has 0 aliphatic heterocycles. The molecule has 0 atom stereocenters. The van der Waals surface area contributed by atoms with Gasteiger partial charge in [0.05, 0.1) is 0 Å². The Labute approximate surface area is 231 Å². The average Bonchev–Trinajstić information content (AvgIpc) is 2.95. The van der Waals surface area contributed by atoms with Crippen LogP contribution in [0.1, 0.15) is 120 Å². The number of benzene rings is 3. The quantitative estimate of drug-likeness (QED) is 0.168. The SMILES string of the molecule is CCCCCCCC1CCC(CCc2ccc3cc(C#Cc4ccc(CCCC)cc4)ccc3c2F)CC1. The lowest BCUT2D eigenvalue weighted by Gasteiger charge is -2.28. The maximum atomic E-state index is 15.4. The van der Waals surface area contributed by atoms with Crippen LogP contribution in [0.2, 0.25) is 0 Å². The normalized spacial score (nSPS) is 17.3. The number of hydrogen-bond donors (Lipinski definition) is 0. The Bertz CT molecular complexity index is 1190. The van der Waals surface area contributed by atoms with Crippen LogP contribution in [0.15, 0.2) is 54.6 Å². The first-order valence-electron chi connectivity index (χ1n) is 15.5. The zero-order valence-corrected chi connectivity index (χ0v) is 23.8. The van der Waals surface area contributed by atoms with Crippen LogP contribution in [0.3, 0.4) is 0 Å². The minimum atomic E-state index is -0.0366. The van der Waals surface area contributed by atoms with Gasteiger partial charge >= 0.3 is 0 Å². The van der Waals surface area contributed by atoms with E-state index in [4.69, 9.17) is 0 Å². The fourth-order valence-electron chi connectivity index (χ4n) is 6.09. The Morgan fingerprint density at radius 3 is 2.05 bits per heavy atom. The summed E-state index contributed by atoms with van der Waals surface area (Å²) in [6.07, 6.45) is 19.3. The predicted molar refractivity (Wildman–Crippen MR) is 162 cm³/mol. The van der Waals surface area contributed by atoms with Crippen LogP contribution < -0.4 is 0 Å². The lowest BCUT2D eigenvalue weighted by molar-refractivity contribution is 0.248. The van der Waals surface area contributed by atoms with Crippen molar-refractivity contribution in [2.75, 3.05) is 0 Å². The zero-order chi connectivity index (χ0) is 26.6. The van der Waals surface area contributed by atoms with E-state index in [1.54, 1.807) is 0 Å². The second-order valence-electron chi connectivity index (χ2n) is 11.7. The van der Waals surface area contributed by atoms with E-state index in [-0.39, 0.29) is 5.82 Å². The van der Waals surface area contributed by atoms with Crippen molar-refractivity contribution in [3.8, 4) is 11.8 Å². The van der Waals surface area contributed by atoms with Gasteiger partial charge in [-0.3, -0.25) is 0 Å². The number of hydrogen-bond acceptors (Lipinski definition) is 0. The standard InChI is InChI=1S/C37H47F/c1-3-5-7-8-9-11-30-14-18-32(19-15-30)22-24-34-25-26-35-28-33(23-27-36(35)37(34)38)21-20-31-16-12-29(13-17-31)10-6-4-2/h12-13,16-17,23,25-28,30,32H,3-11,14-15,18-19,22,24H2,1-2H3. The third-order valence-electron chi connectivity index (χ3n) is 8.66. The Balaban J connectivity index is 1.28. The average molecular weight is 511 g/mol. The van der Waals surface area contributed by atoms with E-state index in [1.165, 1.54) is 82.6 Å². The summed E-state index contributed by atoms with van der Waals surface area (Å²) in [5.41, 5.74) is 4.20. The van der Waals surface area contributed by atoms with Gasteiger partial charge in [0.15, 0.2) is 0 Å². The summed E-state index contributed by atoms with van der Waals surface area (Å²) in [6, 6.07) is 18.5. The van der Waals surface area contributed by atoms with Gasteiger partial charge in [0.2, 0.25) is 0 Å². The molecule has 0 N–H and O–H groups in total. The van der Waals surface area contributed by atoms with Gasteiger partial charge in [-0.25, -0.2) is 4.39 Å². The predicted octanol–water partition coefficient (Wildman–Crippen LogP) is 10.8. The number of aryl methyl sites for hydroxylation is 2. The van der Waals surface area contributed by atoms with E-state index in [0.717, 1.165) is 58.6 Å². The second-order valence-corrected chi connectivity index (χ2v) is 11.7. The Hall–Kier alpha value is -2.59. The summed E-state index contributed by atoms with van der Waals surface area (Å²) in [7, 11) is 0. The zero-order valence-electron chi connectivity index (χ0n) is 23.8. The van der Waals surface area contributed by atoms with E-state index in [2.05, 4.69) is 56.0 Å².